The highest BCUT2D eigenvalue weighted by molar-refractivity contribution is 5.71. The zero-order valence-corrected chi connectivity index (χ0v) is 41.4. The van der Waals surface area contributed by atoms with Crippen molar-refractivity contribution < 1.29 is 84.7 Å². The van der Waals surface area contributed by atoms with Crippen LogP contribution in [0.1, 0.15) is 79.1 Å². The Bertz CT molecular complexity index is 1790. The molecule has 0 spiro atoms. The van der Waals surface area contributed by atoms with Gasteiger partial charge in [-0.1, -0.05) is 98.9 Å². The van der Waals surface area contributed by atoms with E-state index in [0.29, 0.717) is 0 Å². The normalized spacial score (nSPS) is 42.7. The second-order valence-corrected chi connectivity index (χ2v) is 19.1. The van der Waals surface area contributed by atoms with Crippen molar-refractivity contribution in [2.75, 3.05) is 26.2 Å². The molecule has 0 radical (unpaired) electrons. The van der Waals surface area contributed by atoms with E-state index in [9.17, 15) is 65.8 Å². The van der Waals surface area contributed by atoms with E-state index in [1.165, 1.54) is 0 Å². The summed E-state index contributed by atoms with van der Waals surface area (Å²) in [5, 5.41) is 121. The Morgan fingerprint density at radius 3 is 1.80 bits per heavy atom. The fourth-order valence-corrected chi connectivity index (χ4v) is 9.09. The molecule has 11 unspecified atom stereocenters. The van der Waals surface area contributed by atoms with Gasteiger partial charge in [0.05, 0.1) is 79.6 Å². The number of hydrogen-bond donors (Lipinski definition) is 13. The molecule has 3 aliphatic heterocycles. The predicted octanol–water partition coefficient (Wildman–Crippen LogP) is -0.0276. The quantitative estimate of drug-likeness (QED) is 0.142. The topological polar surface area (TPSA) is 349 Å². The van der Waals surface area contributed by atoms with E-state index in [4.69, 9.17) is 30.4 Å². The Hall–Kier alpha value is -3.52. The third-order valence-corrected chi connectivity index (χ3v) is 13.2. The standard InChI is InChI=1S/C51H83N3O17/c1-31-17-15-13-11-9-7-5-6-8-10-12-14-16-18-38(70-50-48(64)45(47(63)34(4)69-50)54(23-21-52)24-22-53)28-42-44(49(65)66)41(60)30-51(67,71-42)29-37(57)26-40(59)39(58)20-19-35(55)25-36(56)27-43(61)68-33(3)32(2)46(31)62/h5-18,31-42,44-48,50,55-60,62-64,67H,19-30,52-53H2,1-4H3,(H,65,66)/b6-5+,9-7+,10-8+,13-11+,14-12+,17-15+,18-16+/t31-,32-,33-,34+,35?,36?,37?,38?,39?,40?,41-,42?,44?,45-,46?,47?,48-,50-,51?/m0/s1. The van der Waals surface area contributed by atoms with Crippen molar-refractivity contribution in [3.63, 3.8) is 0 Å². The Balaban J connectivity index is 1.93. The first kappa shape index (κ1) is 61.8. The summed E-state index contributed by atoms with van der Waals surface area (Å²) < 4.78 is 23.8. The van der Waals surface area contributed by atoms with Gasteiger partial charge in [-0.15, -0.1) is 0 Å². The third-order valence-electron chi connectivity index (χ3n) is 13.2. The van der Waals surface area contributed by atoms with Gasteiger partial charge in [0.1, 0.15) is 18.1 Å². The highest BCUT2D eigenvalue weighted by atomic mass is 16.7. The van der Waals surface area contributed by atoms with Crippen molar-refractivity contribution in [1.29, 1.82) is 0 Å². The van der Waals surface area contributed by atoms with Gasteiger partial charge in [0.2, 0.25) is 0 Å². The molecule has 20 nitrogen and oxygen atoms in total. The summed E-state index contributed by atoms with van der Waals surface area (Å²) in [6, 6.07) is -0.919. The molecule has 2 saturated heterocycles. The van der Waals surface area contributed by atoms with Crippen LogP contribution in [0.25, 0.3) is 0 Å². The number of allylic oxidation sites excluding steroid dienone is 12. The van der Waals surface area contributed by atoms with E-state index in [-0.39, 0.29) is 57.8 Å². The van der Waals surface area contributed by atoms with Crippen molar-refractivity contribution in [1.82, 2.24) is 4.90 Å². The highest BCUT2D eigenvalue weighted by Crippen LogP contribution is 2.38. The van der Waals surface area contributed by atoms with Gasteiger partial charge in [-0.3, -0.25) is 14.5 Å². The van der Waals surface area contributed by atoms with Crippen LogP contribution >= 0.6 is 0 Å². The summed E-state index contributed by atoms with van der Waals surface area (Å²) in [7, 11) is 0. The summed E-state index contributed by atoms with van der Waals surface area (Å²) in [6.07, 6.45) is 3.47. The lowest BCUT2D eigenvalue weighted by Crippen LogP contribution is -2.65. The number of nitrogens with two attached hydrogens (primary N) is 2. The molecule has 19 atom stereocenters. The number of aliphatic carboxylic acids is 1. The number of rotatable bonds is 8. The van der Waals surface area contributed by atoms with Crippen molar-refractivity contribution in [3.05, 3.63) is 85.1 Å². The van der Waals surface area contributed by atoms with Gasteiger partial charge in [-0.25, -0.2) is 0 Å². The molecule has 15 N–H and O–H groups in total. The van der Waals surface area contributed by atoms with Gasteiger partial charge in [0, 0.05) is 63.7 Å². The minimum atomic E-state index is -2.35. The lowest BCUT2D eigenvalue weighted by Gasteiger charge is -2.47. The van der Waals surface area contributed by atoms with Crippen LogP contribution in [-0.4, -0.2) is 197 Å². The molecule has 2 bridgehead atoms. The van der Waals surface area contributed by atoms with E-state index in [1.54, 1.807) is 86.4 Å². The number of esters is 1. The Kier molecular flexibility index (Phi) is 27.2. The van der Waals surface area contributed by atoms with Gasteiger partial charge in [-0.2, -0.15) is 0 Å². The molecule has 0 amide bonds. The van der Waals surface area contributed by atoms with Gasteiger partial charge < -0.3 is 86.6 Å². The van der Waals surface area contributed by atoms with Crippen LogP contribution in [0, 0.1) is 17.8 Å². The minimum absolute atomic E-state index is 0.113. The van der Waals surface area contributed by atoms with E-state index in [1.807, 2.05) is 31.2 Å². The molecular formula is C51H83N3O17. The zero-order chi connectivity index (χ0) is 52.8. The number of carboxylic acid groups (broad SMARTS) is 1. The first-order valence-electron chi connectivity index (χ1n) is 24.7. The number of hydrogen-bond acceptors (Lipinski definition) is 19. The van der Waals surface area contributed by atoms with Crippen molar-refractivity contribution >= 4 is 11.9 Å². The van der Waals surface area contributed by atoms with Crippen LogP contribution in [0.3, 0.4) is 0 Å². The number of carbonyl (C=O) groups is 2. The van der Waals surface area contributed by atoms with Crippen LogP contribution in [0.2, 0.25) is 0 Å². The molecular weight excluding hydrogens is 927 g/mol. The smallest absolute Gasteiger partial charge is 0.311 e. The van der Waals surface area contributed by atoms with Crippen LogP contribution in [0.15, 0.2) is 85.1 Å². The van der Waals surface area contributed by atoms with Gasteiger partial charge >= 0.3 is 11.9 Å². The maximum atomic E-state index is 12.7. The van der Waals surface area contributed by atoms with E-state index in [2.05, 4.69) is 0 Å². The Labute approximate surface area is 417 Å². The molecule has 2 fully saturated rings. The van der Waals surface area contributed by atoms with Gasteiger partial charge in [-0.05, 0) is 33.1 Å². The van der Waals surface area contributed by atoms with E-state index >= 15 is 0 Å². The zero-order valence-electron chi connectivity index (χ0n) is 41.4. The van der Waals surface area contributed by atoms with Crippen molar-refractivity contribution in [2.45, 2.75) is 177 Å². The summed E-state index contributed by atoms with van der Waals surface area (Å²) in [6.45, 7) is 7.77. The number of fused-ring (bicyclic) bond motifs is 2. The monoisotopic (exact) mass is 1010 g/mol. The molecule has 71 heavy (non-hydrogen) atoms. The molecule has 404 valence electrons. The summed E-state index contributed by atoms with van der Waals surface area (Å²) >= 11 is 0. The SMILES string of the molecule is C[C@@H]1OC(=O)CC(O)CC(O)CCC(O)C(O)CC(O)CC2(O)C[C@H](O)C(C(=O)O)C(CC(O[C@@H]3O[C@H](C)C(O)[C@H](N(CCN)CCN)[C@@H]3O)/C=C/C=C/C=C/C=C/C=C/C=C/C=C/[C@H](C)C(O)[C@H]1C)O2. The maximum Gasteiger partial charge on any atom is 0.311 e. The lowest BCUT2D eigenvalue weighted by atomic mass is 9.82. The number of carboxylic acids is 1. The predicted molar refractivity (Wildman–Crippen MR) is 262 cm³/mol. The second kappa shape index (κ2) is 31.3. The lowest BCUT2D eigenvalue weighted by molar-refractivity contribution is -0.312. The van der Waals surface area contributed by atoms with Crippen molar-refractivity contribution in [2.24, 2.45) is 29.2 Å². The number of aliphatic hydroxyl groups excluding tert-OH is 9. The number of carbonyl (C=O) groups excluding carboxylic acids is 1. The van der Waals surface area contributed by atoms with Crippen LogP contribution in [0.5, 0.6) is 0 Å². The number of nitrogens with zero attached hydrogens (tertiary/aromatic N) is 1. The molecule has 0 aliphatic carbocycles. The molecule has 20 heteroatoms. The summed E-state index contributed by atoms with van der Waals surface area (Å²) in [5.74, 6) is -6.88. The first-order valence-corrected chi connectivity index (χ1v) is 24.7. The molecule has 0 aromatic carbocycles. The van der Waals surface area contributed by atoms with E-state index in [0.717, 1.165) is 0 Å². The van der Waals surface area contributed by atoms with Gasteiger partial charge in [0.25, 0.3) is 0 Å². The average molecular weight is 1010 g/mol. The molecule has 0 aromatic rings. The number of aliphatic hydroxyl groups is 10. The van der Waals surface area contributed by atoms with Crippen LogP contribution in [0.4, 0.5) is 0 Å². The third kappa shape index (κ3) is 20.7. The fourth-order valence-electron chi connectivity index (χ4n) is 9.09. The van der Waals surface area contributed by atoms with E-state index < -0.39 is 147 Å². The highest BCUT2D eigenvalue weighted by Gasteiger charge is 2.51. The van der Waals surface area contributed by atoms with Gasteiger partial charge in [0.15, 0.2) is 12.1 Å². The summed E-state index contributed by atoms with van der Waals surface area (Å²) in [5.41, 5.74) is 11.7. The summed E-state index contributed by atoms with van der Waals surface area (Å²) in [4.78, 5) is 27.1. The Morgan fingerprint density at radius 2 is 1.24 bits per heavy atom. The first-order chi connectivity index (χ1) is 33.6. The largest absolute Gasteiger partial charge is 0.481 e. The van der Waals surface area contributed by atoms with Crippen molar-refractivity contribution in [3.8, 4) is 0 Å². The number of ether oxygens (including phenoxy) is 4. The maximum absolute atomic E-state index is 12.7. The average Bonchev–Trinajstić information content (AvgIpc) is 3.28. The molecule has 3 heterocycles. The Morgan fingerprint density at radius 1 is 0.676 bits per heavy atom. The number of cyclic esters (lactones) is 1. The molecule has 3 rings (SSSR count). The minimum Gasteiger partial charge on any atom is -0.481 e. The molecule has 0 aromatic heterocycles. The second-order valence-electron chi connectivity index (χ2n) is 19.1. The van der Waals surface area contributed by atoms with Crippen LogP contribution in [-0.2, 0) is 28.5 Å². The molecule has 3 aliphatic rings. The van der Waals surface area contributed by atoms with Crippen LogP contribution < -0.4 is 11.5 Å². The molecule has 0 saturated carbocycles. The fraction of sp³-hybridized carbons (Fsp3) is 0.686.